The van der Waals surface area contributed by atoms with Gasteiger partial charge in [0.15, 0.2) is 0 Å². The molecule has 0 radical (unpaired) electrons. The Kier molecular flexibility index (Phi) is 6.67. The van der Waals surface area contributed by atoms with Gasteiger partial charge < -0.3 is 25.0 Å². The lowest BCUT2D eigenvalue weighted by molar-refractivity contribution is -0.201. The molecule has 2 aliphatic rings. The van der Waals surface area contributed by atoms with E-state index in [9.17, 15) is 29.1 Å². The third kappa shape index (κ3) is 4.57. The SMILES string of the molecule is CC(=O)OCC1=C(C(=O)O)N2C(=O)C(NC(=O)Cc3cccs3)(OCC(=O)O)[C@H]2SC1. The maximum Gasteiger partial charge on any atom is 0.352 e. The molecule has 0 saturated carbocycles. The number of hydrogen-bond donors (Lipinski definition) is 3. The topological polar surface area (TPSA) is 160 Å². The fraction of sp³-hybridized carbons (Fsp3) is 0.389. The normalized spacial score (nSPS) is 22.4. The number of thioether (sulfide) groups is 1. The van der Waals surface area contributed by atoms with Crippen LogP contribution < -0.4 is 5.32 Å². The second-order valence-electron chi connectivity index (χ2n) is 6.60. The number of carbonyl (C=O) groups is 5. The summed E-state index contributed by atoms with van der Waals surface area (Å²) in [4.78, 5) is 61.2. The van der Waals surface area contributed by atoms with Gasteiger partial charge in [-0.05, 0) is 11.4 Å². The van der Waals surface area contributed by atoms with Crippen molar-refractivity contribution in [2.75, 3.05) is 19.0 Å². The maximum absolute atomic E-state index is 13.0. The van der Waals surface area contributed by atoms with Gasteiger partial charge in [-0.2, -0.15) is 0 Å². The van der Waals surface area contributed by atoms with E-state index in [0.717, 1.165) is 21.5 Å². The van der Waals surface area contributed by atoms with Gasteiger partial charge in [-0.25, -0.2) is 9.59 Å². The predicted molar refractivity (Wildman–Crippen MR) is 107 cm³/mol. The Morgan fingerprint density at radius 2 is 2.06 bits per heavy atom. The fourth-order valence-electron chi connectivity index (χ4n) is 3.17. The smallest absolute Gasteiger partial charge is 0.352 e. The first-order chi connectivity index (χ1) is 14.7. The van der Waals surface area contributed by atoms with E-state index >= 15 is 0 Å². The van der Waals surface area contributed by atoms with Crippen molar-refractivity contribution in [2.24, 2.45) is 0 Å². The molecule has 0 spiro atoms. The molecule has 2 atom stereocenters. The van der Waals surface area contributed by atoms with Crippen molar-refractivity contribution in [1.29, 1.82) is 0 Å². The van der Waals surface area contributed by atoms with Crippen LogP contribution >= 0.6 is 23.1 Å². The lowest BCUT2D eigenvalue weighted by Crippen LogP contribution is -2.81. The molecule has 2 aliphatic heterocycles. The van der Waals surface area contributed by atoms with Crippen molar-refractivity contribution < 1.29 is 43.7 Å². The van der Waals surface area contributed by atoms with Crippen LogP contribution in [0.25, 0.3) is 0 Å². The predicted octanol–water partition coefficient (Wildman–Crippen LogP) is 0.0212. The van der Waals surface area contributed by atoms with Crippen LogP contribution in [0.5, 0.6) is 0 Å². The van der Waals surface area contributed by atoms with E-state index in [1.807, 2.05) is 0 Å². The number of rotatable bonds is 9. The quantitative estimate of drug-likeness (QED) is 0.255. The Morgan fingerprint density at radius 3 is 2.65 bits per heavy atom. The highest BCUT2D eigenvalue weighted by molar-refractivity contribution is 8.00. The van der Waals surface area contributed by atoms with E-state index in [1.54, 1.807) is 17.5 Å². The van der Waals surface area contributed by atoms with Crippen LogP contribution in [0.15, 0.2) is 28.8 Å². The molecule has 3 heterocycles. The number of esters is 1. The van der Waals surface area contributed by atoms with Crippen LogP contribution in [-0.2, 0) is 39.9 Å². The third-order valence-electron chi connectivity index (χ3n) is 4.43. The van der Waals surface area contributed by atoms with Crippen molar-refractivity contribution in [1.82, 2.24) is 10.2 Å². The summed E-state index contributed by atoms with van der Waals surface area (Å²) in [5.74, 6) is -4.81. The molecular weight excluding hydrogens is 452 g/mol. The highest BCUT2D eigenvalue weighted by Gasteiger charge is 2.67. The lowest BCUT2D eigenvalue weighted by atomic mass is 9.97. The monoisotopic (exact) mass is 470 g/mol. The van der Waals surface area contributed by atoms with E-state index in [-0.39, 0.29) is 30.1 Å². The second-order valence-corrected chi connectivity index (χ2v) is 8.70. The Bertz CT molecular complexity index is 959. The molecule has 0 bridgehead atoms. The third-order valence-corrected chi connectivity index (χ3v) is 6.68. The number of nitrogens with one attached hydrogen (secondary N) is 1. The van der Waals surface area contributed by atoms with Gasteiger partial charge in [0.05, 0.1) is 6.42 Å². The number of hydrogen-bond acceptors (Lipinski definition) is 9. The maximum atomic E-state index is 13.0. The van der Waals surface area contributed by atoms with Gasteiger partial charge in [-0.15, -0.1) is 23.1 Å². The largest absolute Gasteiger partial charge is 0.480 e. The van der Waals surface area contributed by atoms with E-state index in [4.69, 9.17) is 14.6 Å². The number of carboxylic acid groups (broad SMARTS) is 2. The fourth-order valence-corrected chi connectivity index (χ4v) is 5.27. The molecule has 1 aromatic heterocycles. The van der Waals surface area contributed by atoms with Gasteiger partial charge in [0.2, 0.25) is 5.91 Å². The summed E-state index contributed by atoms with van der Waals surface area (Å²) in [5, 5.41) is 21.9. The number of amides is 2. The van der Waals surface area contributed by atoms with E-state index < -0.39 is 47.4 Å². The van der Waals surface area contributed by atoms with E-state index in [0.29, 0.717) is 0 Å². The molecule has 31 heavy (non-hydrogen) atoms. The number of aliphatic carboxylic acids is 2. The van der Waals surface area contributed by atoms with Gasteiger partial charge in [-0.1, -0.05) is 6.07 Å². The van der Waals surface area contributed by atoms with Crippen molar-refractivity contribution in [3.05, 3.63) is 33.7 Å². The zero-order valence-electron chi connectivity index (χ0n) is 16.2. The number of nitrogens with zero attached hydrogens (tertiary/aromatic N) is 1. The molecule has 11 nitrogen and oxygen atoms in total. The zero-order valence-corrected chi connectivity index (χ0v) is 17.8. The number of thiophene rings is 1. The Labute approximate surface area is 184 Å². The molecule has 0 aromatic carbocycles. The minimum atomic E-state index is -2.02. The van der Waals surface area contributed by atoms with Crippen LogP contribution in [0.3, 0.4) is 0 Å². The van der Waals surface area contributed by atoms with Crippen molar-refractivity contribution in [3.63, 3.8) is 0 Å². The molecule has 3 N–H and O–H groups in total. The molecule has 166 valence electrons. The first kappa shape index (κ1) is 22.8. The molecule has 1 unspecified atom stereocenters. The van der Waals surface area contributed by atoms with Crippen molar-refractivity contribution in [3.8, 4) is 0 Å². The number of carbonyl (C=O) groups excluding carboxylic acids is 3. The Morgan fingerprint density at radius 1 is 1.32 bits per heavy atom. The molecule has 0 aliphatic carbocycles. The summed E-state index contributed by atoms with van der Waals surface area (Å²) in [6.07, 6.45) is -0.0557. The molecule has 1 saturated heterocycles. The Balaban J connectivity index is 1.87. The standard InChI is InChI=1S/C18H18N2O9S2/c1-9(21)28-6-10-8-31-17-18(29-7-13(23)24,16(27)20(17)14(10)15(25)26)19-12(22)5-11-3-2-4-30-11/h2-4,17H,5-8H2,1H3,(H,19,22)(H,23,24)(H,25,26)/t17-,18?/m1/s1. The summed E-state index contributed by atoms with van der Waals surface area (Å²) in [6, 6.07) is 3.48. The second kappa shape index (κ2) is 9.08. The summed E-state index contributed by atoms with van der Waals surface area (Å²) in [7, 11) is 0. The summed E-state index contributed by atoms with van der Waals surface area (Å²) >= 11 is 2.40. The first-order valence-corrected chi connectivity index (χ1v) is 10.8. The highest BCUT2D eigenvalue weighted by atomic mass is 32.2. The summed E-state index contributed by atoms with van der Waals surface area (Å²) in [6.45, 7) is -0.0149. The van der Waals surface area contributed by atoms with Crippen LogP contribution in [-0.4, -0.2) is 74.9 Å². The van der Waals surface area contributed by atoms with Crippen LogP contribution in [0.1, 0.15) is 11.8 Å². The zero-order chi connectivity index (χ0) is 22.8. The molecule has 1 aromatic rings. The van der Waals surface area contributed by atoms with Crippen molar-refractivity contribution >= 4 is 52.8 Å². The molecule has 2 amide bonds. The van der Waals surface area contributed by atoms with Gasteiger partial charge in [0.25, 0.3) is 11.6 Å². The molecule has 3 rings (SSSR count). The van der Waals surface area contributed by atoms with Crippen LogP contribution in [0.2, 0.25) is 0 Å². The van der Waals surface area contributed by atoms with Gasteiger partial charge in [0, 0.05) is 23.1 Å². The lowest BCUT2D eigenvalue weighted by Gasteiger charge is -2.56. The summed E-state index contributed by atoms with van der Waals surface area (Å²) in [5.41, 5.74) is -2.20. The molecular formula is C18H18N2O9S2. The number of carboxylic acids is 2. The number of ether oxygens (including phenoxy) is 2. The van der Waals surface area contributed by atoms with E-state index in [1.165, 1.54) is 18.3 Å². The highest BCUT2D eigenvalue weighted by Crippen LogP contribution is 2.47. The van der Waals surface area contributed by atoms with Gasteiger partial charge in [-0.3, -0.25) is 19.3 Å². The van der Waals surface area contributed by atoms with Crippen molar-refractivity contribution in [2.45, 2.75) is 24.4 Å². The molecule has 13 heteroatoms. The molecule has 1 fully saturated rings. The number of β-lactam (4-membered cyclic amide) rings is 1. The minimum absolute atomic E-state index is 0.0557. The average Bonchev–Trinajstić information content (AvgIpc) is 3.20. The van der Waals surface area contributed by atoms with Gasteiger partial charge in [0.1, 0.15) is 24.3 Å². The van der Waals surface area contributed by atoms with Crippen LogP contribution in [0.4, 0.5) is 0 Å². The average molecular weight is 470 g/mol. The van der Waals surface area contributed by atoms with E-state index in [2.05, 4.69) is 5.32 Å². The summed E-state index contributed by atoms with van der Waals surface area (Å²) < 4.78 is 10.2. The van der Waals surface area contributed by atoms with Gasteiger partial charge >= 0.3 is 17.9 Å². The Hall–Kier alpha value is -2.90. The van der Waals surface area contributed by atoms with Crippen LogP contribution in [0, 0.1) is 0 Å². The number of fused-ring (bicyclic) bond motifs is 1. The first-order valence-electron chi connectivity index (χ1n) is 8.88. The minimum Gasteiger partial charge on any atom is -0.480 e.